The second-order valence-electron chi connectivity index (χ2n) is 6.50. The van der Waals surface area contributed by atoms with E-state index in [2.05, 4.69) is 10.3 Å². The SMILES string of the molecule is Cn1c(CNC(=O)c2ccc(-c3cccc(C(F)(F)F)c3)o2)nc2ccccc21. The summed E-state index contributed by atoms with van der Waals surface area (Å²) in [5.41, 5.74) is 1.24. The normalized spacial score (nSPS) is 11.7. The first kappa shape index (κ1) is 18.8. The van der Waals surface area contributed by atoms with Crippen molar-refractivity contribution in [3.05, 3.63) is 77.8 Å². The van der Waals surface area contributed by atoms with E-state index in [1.54, 1.807) is 0 Å². The van der Waals surface area contributed by atoms with Gasteiger partial charge < -0.3 is 14.3 Å². The number of para-hydroxylation sites is 2. The lowest BCUT2D eigenvalue weighted by Gasteiger charge is -2.07. The highest BCUT2D eigenvalue weighted by molar-refractivity contribution is 5.92. The zero-order valence-corrected chi connectivity index (χ0v) is 15.3. The average molecular weight is 399 g/mol. The number of benzene rings is 2. The number of halogens is 3. The van der Waals surface area contributed by atoms with Gasteiger partial charge in [-0.2, -0.15) is 13.2 Å². The number of hydrogen-bond donors (Lipinski definition) is 1. The summed E-state index contributed by atoms with van der Waals surface area (Å²) in [4.78, 5) is 16.9. The molecule has 0 atom stereocenters. The van der Waals surface area contributed by atoms with Gasteiger partial charge in [-0.05, 0) is 36.4 Å². The molecule has 1 amide bonds. The lowest BCUT2D eigenvalue weighted by atomic mass is 10.1. The second-order valence-corrected chi connectivity index (χ2v) is 6.50. The van der Waals surface area contributed by atoms with Gasteiger partial charge in [0.2, 0.25) is 0 Å². The summed E-state index contributed by atoms with van der Waals surface area (Å²) in [6.45, 7) is 0.184. The van der Waals surface area contributed by atoms with Crippen molar-refractivity contribution in [2.24, 2.45) is 7.05 Å². The van der Waals surface area contributed by atoms with Crippen molar-refractivity contribution in [1.82, 2.24) is 14.9 Å². The van der Waals surface area contributed by atoms with Gasteiger partial charge in [0.05, 0.1) is 23.1 Å². The van der Waals surface area contributed by atoms with Gasteiger partial charge in [0, 0.05) is 12.6 Å². The van der Waals surface area contributed by atoms with E-state index >= 15 is 0 Å². The first-order valence-corrected chi connectivity index (χ1v) is 8.79. The largest absolute Gasteiger partial charge is 0.451 e. The highest BCUT2D eigenvalue weighted by Gasteiger charge is 2.30. The monoisotopic (exact) mass is 399 g/mol. The quantitative estimate of drug-likeness (QED) is 0.537. The number of aryl methyl sites for hydroxylation is 1. The molecule has 0 saturated heterocycles. The highest BCUT2D eigenvalue weighted by Crippen LogP contribution is 2.32. The number of nitrogens with zero attached hydrogens (tertiary/aromatic N) is 2. The number of hydrogen-bond acceptors (Lipinski definition) is 3. The summed E-state index contributed by atoms with van der Waals surface area (Å²) in [6.07, 6.45) is -4.45. The van der Waals surface area contributed by atoms with Crippen LogP contribution >= 0.6 is 0 Å². The first-order chi connectivity index (χ1) is 13.8. The van der Waals surface area contributed by atoms with E-state index in [4.69, 9.17) is 4.42 Å². The summed E-state index contributed by atoms with van der Waals surface area (Å²) in [7, 11) is 1.86. The van der Waals surface area contributed by atoms with E-state index in [0.717, 1.165) is 23.2 Å². The van der Waals surface area contributed by atoms with Gasteiger partial charge in [0.15, 0.2) is 5.76 Å². The van der Waals surface area contributed by atoms with Crippen molar-refractivity contribution in [3.8, 4) is 11.3 Å². The molecule has 2 heterocycles. The van der Waals surface area contributed by atoms with Crippen LogP contribution in [0.2, 0.25) is 0 Å². The molecule has 0 aliphatic carbocycles. The van der Waals surface area contributed by atoms with E-state index in [1.807, 2.05) is 35.9 Å². The lowest BCUT2D eigenvalue weighted by Crippen LogP contribution is -2.23. The number of fused-ring (bicyclic) bond motifs is 1. The van der Waals surface area contributed by atoms with Crippen LogP contribution in [-0.4, -0.2) is 15.5 Å². The Labute approximate surface area is 163 Å². The molecule has 148 valence electrons. The van der Waals surface area contributed by atoms with Gasteiger partial charge in [0.1, 0.15) is 11.6 Å². The third-order valence-corrected chi connectivity index (χ3v) is 4.59. The van der Waals surface area contributed by atoms with E-state index in [9.17, 15) is 18.0 Å². The Hall–Kier alpha value is -3.55. The highest BCUT2D eigenvalue weighted by atomic mass is 19.4. The number of alkyl halides is 3. The molecule has 5 nitrogen and oxygen atoms in total. The van der Waals surface area contributed by atoms with Gasteiger partial charge in [0.25, 0.3) is 5.91 Å². The molecule has 0 aliphatic heterocycles. The minimum atomic E-state index is -4.45. The zero-order chi connectivity index (χ0) is 20.6. The molecule has 2 aromatic carbocycles. The number of carbonyl (C=O) groups is 1. The Balaban J connectivity index is 1.49. The minimum absolute atomic E-state index is 0.0103. The zero-order valence-electron chi connectivity index (χ0n) is 15.3. The maximum Gasteiger partial charge on any atom is 0.416 e. The molecule has 0 fully saturated rings. The van der Waals surface area contributed by atoms with Crippen molar-refractivity contribution >= 4 is 16.9 Å². The predicted octanol–water partition coefficient (Wildman–Crippen LogP) is 4.78. The molecule has 4 rings (SSSR count). The molecule has 0 saturated carbocycles. The van der Waals surface area contributed by atoms with Crippen molar-refractivity contribution in [2.75, 3.05) is 0 Å². The molecule has 8 heteroatoms. The molecule has 2 aromatic heterocycles. The van der Waals surface area contributed by atoms with Crippen LogP contribution in [0.4, 0.5) is 13.2 Å². The number of carbonyl (C=O) groups excluding carboxylic acids is 1. The predicted molar refractivity (Wildman–Crippen MR) is 101 cm³/mol. The van der Waals surface area contributed by atoms with Crippen LogP contribution in [-0.2, 0) is 19.8 Å². The Morgan fingerprint density at radius 2 is 1.90 bits per heavy atom. The Morgan fingerprint density at radius 1 is 1.10 bits per heavy atom. The standard InChI is InChI=1S/C21H16F3N3O2/c1-27-16-8-3-2-7-15(16)26-19(27)12-25-20(28)18-10-9-17(29-18)13-5-4-6-14(11-13)21(22,23)24/h2-11H,12H2,1H3,(H,25,28). The molecule has 0 aliphatic rings. The van der Waals surface area contributed by atoms with Crippen molar-refractivity contribution < 1.29 is 22.4 Å². The number of aromatic nitrogens is 2. The summed E-state index contributed by atoms with van der Waals surface area (Å²) in [5.74, 6) is 0.389. The molecule has 0 bridgehead atoms. The maximum absolute atomic E-state index is 12.9. The second kappa shape index (κ2) is 7.12. The number of imidazole rings is 1. The third-order valence-electron chi connectivity index (χ3n) is 4.59. The summed E-state index contributed by atoms with van der Waals surface area (Å²) in [6, 6.07) is 15.3. The van der Waals surface area contributed by atoms with Gasteiger partial charge in [-0.15, -0.1) is 0 Å². The molecule has 1 N–H and O–H groups in total. The van der Waals surface area contributed by atoms with Crippen LogP contribution in [0.15, 0.2) is 65.1 Å². The number of amides is 1. The van der Waals surface area contributed by atoms with Crippen LogP contribution in [0.1, 0.15) is 21.9 Å². The Bertz CT molecular complexity index is 1190. The Kier molecular flexibility index (Phi) is 4.62. The van der Waals surface area contributed by atoms with Crippen molar-refractivity contribution in [1.29, 1.82) is 0 Å². The summed E-state index contributed by atoms with van der Waals surface area (Å²) in [5, 5.41) is 2.72. The fourth-order valence-corrected chi connectivity index (χ4v) is 3.06. The average Bonchev–Trinajstić information content (AvgIpc) is 3.31. The molecule has 0 radical (unpaired) electrons. The van der Waals surface area contributed by atoms with E-state index in [0.29, 0.717) is 5.82 Å². The van der Waals surface area contributed by atoms with Gasteiger partial charge >= 0.3 is 6.18 Å². The van der Waals surface area contributed by atoms with E-state index < -0.39 is 17.6 Å². The van der Waals surface area contributed by atoms with E-state index in [1.165, 1.54) is 24.3 Å². The van der Waals surface area contributed by atoms with Crippen LogP contribution in [0.3, 0.4) is 0 Å². The van der Waals surface area contributed by atoms with Crippen molar-refractivity contribution in [2.45, 2.75) is 12.7 Å². The number of nitrogens with one attached hydrogen (secondary N) is 1. The third kappa shape index (κ3) is 3.73. The number of furan rings is 1. The first-order valence-electron chi connectivity index (χ1n) is 8.79. The van der Waals surface area contributed by atoms with Crippen LogP contribution in [0, 0.1) is 0 Å². The summed E-state index contributed by atoms with van der Waals surface area (Å²) < 4.78 is 46.0. The molecule has 0 spiro atoms. The molecular weight excluding hydrogens is 383 g/mol. The fraction of sp³-hybridized carbons (Fsp3) is 0.143. The number of rotatable bonds is 4. The van der Waals surface area contributed by atoms with Crippen LogP contribution in [0.5, 0.6) is 0 Å². The van der Waals surface area contributed by atoms with Gasteiger partial charge in [-0.3, -0.25) is 4.79 Å². The van der Waals surface area contributed by atoms with Crippen LogP contribution < -0.4 is 5.32 Å². The fourth-order valence-electron chi connectivity index (χ4n) is 3.06. The van der Waals surface area contributed by atoms with Crippen LogP contribution in [0.25, 0.3) is 22.4 Å². The smallest absolute Gasteiger partial charge is 0.416 e. The van der Waals surface area contributed by atoms with Gasteiger partial charge in [-0.25, -0.2) is 4.98 Å². The molecule has 29 heavy (non-hydrogen) atoms. The van der Waals surface area contributed by atoms with Crippen molar-refractivity contribution in [3.63, 3.8) is 0 Å². The lowest BCUT2D eigenvalue weighted by molar-refractivity contribution is -0.137. The Morgan fingerprint density at radius 3 is 2.66 bits per heavy atom. The van der Waals surface area contributed by atoms with Gasteiger partial charge in [-0.1, -0.05) is 24.3 Å². The topological polar surface area (TPSA) is 60.1 Å². The minimum Gasteiger partial charge on any atom is -0.451 e. The van der Waals surface area contributed by atoms with E-state index in [-0.39, 0.29) is 23.6 Å². The molecular formula is C21H16F3N3O2. The molecule has 0 unspecified atom stereocenters. The summed E-state index contributed by atoms with van der Waals surface area (Å²) >= 11 is 0. The maximum atomic E-state index is 12.9. The molecule has 4 aromatic rings.